The average Bonchev–Trinajstić information content (AvgIpc) is 4.20. The molecule has 8 nitrogen and oxygen atoms in total. The molecule has 0 aliphatic carbocycles. The van der Waals surface area contributed by atoms with Crippen LogP contribution in [0.2, 0.25) is 0 Å². The number of fused-ring (bicyclic) bond motifs is 16. The van der Waals surface area contributed by atoms with Crippen molar-refractivity contribution in [3.05, 3.63) is 141 Å². The molecule has 0 atom stereocenters. The Morgan fingerprint density at radius 2 is 0.623 bits per heavy atom. The van der Waals surface area contributed by atoms with Crippen LogP contribution in [0.3, 0.4) is 0 Å². The molecule has 10 rings (SSSR count). The van der Waals surface area contributed by atoms with Crippen molar-refractivity contribution in [3.8, 4) is 0 Å². The van der Waals surface area contributed by atoms with E-state index in [1.54, 1.807) is 0 Å². The standard InChI is InChI=1S/C36H46N4.C20H14N4.4FH.Sn/c1-9-21-22(10-2)30-18-32-25(13-5)26(14-6)34(39-32)20-36-28(16-8)27(15-7)35(40-36)19-33-24(12-4)23(11-3)31(38-33)17-29(21)37-30;1-2-14-10-16-5-6-18(23-16)12-20-8-7-19(24-20)11-17-4-3-15(22-17)9-13(1)21-14;;;;;/h17-20,37-38H,9-16H2,1-8H3;1-12,21-22H;4*1H;/q;;;;;;+4/p-4. The van der Waals surface area contributed by atoms with Crippen LogP contribution in [0.4, 0.5) is 11.5 Å². The number of nitrogens with zero attached hydrogens (tertiary/aromatic N) is 4. The molecule has 6 aromatic rings. The van der Waals surface area contributed by atoms with Crippen LogP contribution in [0.1, 0.15) is 149 Å². The van der Waals surface area contributed by atoms with Crippen LogP contribution < -0.4 is 0 Å². The minimum absolute atomic E-state index is 0.915. The molecule has 16 bridgehead atoms. The Labute approximate surface area is 407 Å². The molecule has 0 amide bonds. The van der Waals surface area contributed by atoms with Gasteiger partial charge >= 0.3 is 32.1 Å². The van der Waals surface area contributed by atoms with Crippen molar-refractivity contribution in [3.63, 3.8) is 0 Å². The maximum absolute atomic E-state index is 9.90. The van der Waals surface area contributed by atoms with Crippen molar-refractivity contribution >= 4 is 111 Å². The first-order valence-corrected chi connectivity index (χ1v) is 28.6. The monoisotopic (exact) mass is 1040 g/mol. The van der Waals surface area contributed by atoms with E-state index in [1.165, 1.54) is 66.6 Å². The molecule has 13 heteroatoms. The van der Waals surface area contributed by atoms with E-state index in [0.29, 0.717) is 0 Å². The molecular weight excluding hydrogens is 979 g/mol. The number of rotatable bonds is 8. The zero-order valence-electron chi connectivity index (χ0n) is 40.7. The Hall–Kier alpha value is -6.28. The summed E-state index contributed by atoms with van der Waals surface area (Å²) in [4.78, 5) is 34.3. The summed E-state index contributed by atoms with van der Waals surface area (Å²) in [6.45, 7) is 18.1. The van der Waals surface area contributed by atoms with Gasteiger partial charge in [0, 0.05) is 44.1 Å². The SMILES string of the molecule is C1=Cc2cc3ccc(cc4ccc(cc5nc(cc1n2)C=C5)[nH]4)[nH]3.CCC1=C(CC)c2cc3[nH]c(cc4[nH]c(cc5nc(cc1n2)C(CC)=C5CC)c(CC)c4CC)c(CC)c3CC.[F][Sn]([F])([F])[F]. The van der Waals surface area contributed by atoms with Gasteiger partial charge in [-0.1, -0.05) is 55.4 Å². The first kappa shape index (κ1) is 49.2. The number of hydrogen-bond acceptors (Lipinski definition) is 4. The number of hydrogen-bond donors (Lipinski definition) is 4. The fourth-order valence-corrected chi connectivity index (χ4v) is 10.0. The van der Waals surface area contributed by atoms with Gasteiger partial charge in [-0.3, -0.25) is 0 Å². The van der Waals surface area contributed by atoms with Gasteiger partial charge in [-0.15, -0.1) is 0 Å². The van der Waals surface area contributed by atoms with Crippen LogP contribution >= 0.6 is 0 Å². The topological polar surface area (TPSA) is 115 Å². The fraction of sp³-hybridized carbons (Fsp3) is 0.286. The number of aromatic nitrogens is 8. The van der Waals surface area contributed by atoms with Crippen LogP contribution in [-0.2, 0) is 25.7 Å². The molecule has 0 spiro atoms. The predicted molar refractivity (Wildman–Crippen MR) is 282 cm³/mol. The second-order valence-corrected chi connectivity index (χ2v) is 19.7. The molecule has 0 radical (unpaired) electrons. The second kappa shape index (κ2) is 21.2. The molecule has 356 valence electrons. The van der Waals surface area contributed by atoms with Gasteiger partial charge in [0.05, 0.1) is 45.6 Å². The summed E-state index contributed by atoms with van der Waals surface area (Å²) in [7, 11) is 0. The average molecular weight is 1040 g/mol. The summed E-state index contributed by atoms with van der Waals surface area (Å²) in [6.07, 6.45) is 15.9. The molecule has 4 N–H and O–H groups in total. The minimum atomic E-state index is -7.18. The van der Waals surface area contributed by atoms with E-state index >= 15 is 0 Å². The molecule has 0 saturated carbocycles. The molecule has 4 aliphatic rings. The number of nitrogens with one attached hydrogen (secondary N) is 4. The van der Waals surface area contributed by atoms with Gasteiger partial charge in [0.25, 0.3) is 0 Å². The summed E-state index contributed by atoms with van der Waals surface area (Å²) < 4.78 is 39.6. The van der Waals surface area contributed by atoms with Gasteiger partial charge in [0.1, 0.15) is 0 Å². The number of halogens is 4. The van der Waals surface area contributed by atoms with E-state index in [9.17, 15) is 11.5 Å². The van der Waals surface area contributed by atoms with Crippen molar-refractivity contribution in [1.82, 2.24) is 39.9 Å². The van der Waals surface area contributed by atoms with E-state index in [1.807, 2.05) is 42.5 Å². The Morgan fingerprint density at radius 1 is 0.333 bits per heavy atom. The Bertz CT molecular complexity index is 3180. The number of H-pyrrole nitrogens is 4. The molecular formula is C56H60F4N8Sn. The molecule has 4 aliphatic heterocycles. The van der Waals surface area contributed by atoms with Gasteiger partial charge in [0.2, 0.25) is 0 Å². The van der Waals surface area contributed by atoms with Crippen LogP contribution in [0.5, 0.6) is 0 Å². The molecule has 10 heterocycles. The van der Waals surface area contributed by atoms with E-state index in [-0.39, 0.29) is 0 Å². The third kappa shape index (κ3) is 11.0. The van der Waals surface area contributed by atoms with Crippen molar-refractivity contribution in [2.45, 2.75) is 107 Å². The first-order chi connectivity index (χ1) is 33.3. The zero-order chi connectivity index (χ0) is 49.0. The fourth-order valence-electron chi connectivity index (χ4n) is 10.0. The van der Waals surface area contributed by atoms with Crippen molar-refractivity contribution in [2.24, 2.45) is 0 Å². The van der Waals surface area contributed by atoms with Crippen molar-refractivity contribution < 1.29 is 11.5 Å². The van der Waals surface area contributed by atoms with Gasteiger partial charge in [-0.2, -0.15) is 0 Å². The first-order valence-electron chi connectivity index (χ1n) is 24.3. The van der Waals surface area contributed by atoms with E-state index in [4.69, 9.17) is 9.97 Å². The quantitative estimate of drug-likeness (QED) is 0.0896. The van der Waals surface area contributed by atoms with E-state index < -0.39 is 20.7 Å². The molecule has 0 saturated heterocycles. The molecule has 0 unspecified atom stereocenters. The van der Waals surface area contributed by atoms with Gasteiger partial charge in [-0.05, 0) is 193 Å². The normalized spacial score (nSPS) is 13.2. The summed E-state index contributed by atoms with van der Waals surface area (Å²) in [5.41, 5.74) is 28.1. The third-order valence-electron chi connectivity index (χ3n) is 13.0. The zero-order valence-corrected chi connectivity index (χ0v) is 43.5. The maximum atomic E-state index is 9.90. The van der Waals surface area contributed by atoms with Gasteiger partial charge in [-0.25, -0.2) is 19.9 Å². The van der Waals surface area contributed by atoms with Crippen LogP contribution in [0.25, 0.3) is 90.7 Å². The van der Waals surface area contributed by atoms with Crippen LogP contribution in [0, 0.1) is 0 Å². The van der Waals surface area contributed by atoms with Crippen LogP contribution in [-0.4, -0.2) is 60.5 Å². The number of aromatic amines is 4. The molecule has 0 aromatic carbocycles. The Balaban J connectivity index is 0.000000186. The second-order valence-electron chi connectivity index (χ2n) is 17.2. The van der Waals surface area contributed by atoms with Crippen molar-refractivity contribution in [1.29, 1.82) is 0 Å². The van der Waals surface area contributed by atoms with E-state index in [0.717, 1.165) is 119 Å². The number of aryl methyl sites for hydroxylation is 4. The number of allylic oxidation sites excluding steroid dienone is 4. The predicted octanol–water partition coefficient (Wildman–Crippen LogP) is 16.0. The van der Waals surface area contributed by atoms with Crippen LogP contribution in [0.15, 0.2) is 72.8 Å². The summed E-state index contributed by atoms with van der Waals surface area (Å²) >= 11 is -7.18. The van der Waals surface area contributed by atoms with Gasteiger partial charge < -0.3 is 19.9 Å². The molecule has 6 aromatic heterocycles. The Kier molecular flexibility index (Phi) is 15.1. The summed E-state index contributed by atoms with van der Waals surface area (Å²) in [6, 6.07) is 25.6. The van der Waals surface area contributed by atoms with Gasteiger partial charge in [0.15, 0.2) is 0 Å². The Morgan fingerprint density at radius 3 is 0.942 bits per heavy atom. The van der Waals surface area contributed by atoms with Crippen molar-refractivity contribution in [2.75, 3.05) is 0 Å². The summed E-state index contributed by atoms with van der Waals surface area (Å²) in [5, 5.41) is 0. The third-order valence-corrected chi connectivity index (χ3v) is 13.0. The summed E-state index contributed by atoms with van der Waals surface area (Å²) in [5.74, 6) is 0. The molecule has 69 heavy (non-hydrogen) atoms. The van der Waals surface area contributed by atoms with E-state index in [2.05, 4.69) is 140 Å². The molecule has 0 fully saturated rings.